The van der Waals surface area contributed by atoms with Gasteiger partial charge in [-0.05, 0) is 36.0 Å². The van der Waals surface area contributed by atoms with Gasteiger partial charge in [0.15, 0.2) is 0 Å². The van der Waals surface area contributed by atoms with Crippen LogP contribution in [0.15, 0.2) is 24.5 Å². The number of aliphatic hydroxyl groups excluding tert-OH is 1. The molecule has 1 heterocycles. The van der Waals surface area contributed by atoms with Crippen LogP contribution < -0.4 is 0 Å². The van der Waals surface area contributed by atoms with Crippen molar-refractivity contribution >= 4 is 0 Å². The maximum Gasteiger partial charge on any atom is 0.0659 e. The highest BCUT2D eigenvalue weighted by Crippen LogP contribution is 2.43. The van der Waals surface area contributed by atoms with Crippen molar-refractivity contribution in [2.45, 2.75) is 58.0 Å². The van der Waals surface area contributed by atoms with Crippen molar-refractivity contribution in [3.8, 4) is 0 Å². The molecule has 1 aromatic rings. The minimum Gasteiger partial charge on any atom is -0.392 e. The van der Waals surface area contributed by atoms with E-state index in [4.69, 9.17) is 0 Å². The van der Waals surface area contributed by atoms with Crippen molar-refractivity contribution in [1.82, 2.24) is 4.98 Å². The third-order valence-electron chi connectivity index (χ3n) is 4.42. The molecule has 17 heavy (non-hydrogen) atoms. The summed E-state index contributed by atoms with van der Waals surface area (Å²) in [6.07, 6.45) is 9.53. The molecule has 2 unspecified atom stereocenters. The zero-order valence-electron chi connectivity index (χ0n) is 10.9. The van der Waals surface area contributed by atoms with Gasteiger partial charge in [0.1, 0.15) is 0 Å². The Morgan fingerprint density at radius 1 is 1.18 bits per heavy atom. The van der Waals surface area contributed by atoms with Crippen molar-refractivity contribution in [1.29, 1.82) is 0 Å². The molecule has 1 aromatic heterocycles. The summed E-state index contributed by atoms with van der Waals surface area (Å²) in [4.78, 5) is 4.04. The fourth-order valence-electron chi connectivity index (χ4n) is 3.11. The molecule has 0 radical (unpaired) electrons. The molecule has 0 aromatic carbocycles. The number of rotatable bonds is 3. The Morgan fingerprint density at radius 2 is 1.76 bits per heavy atom. The zero-order valence-corrected chi connectivity index (χ0v) is 10.9. The minimum absolute atomic E-state index is 0.0982. The topological polar surface area (TPSA) is 33.1 Å². The summed E-state index contributed by atoms with van der Waals surface area (Å²) in [5.74, 6) is 0.195. The van der Waals surface area contributed by atoms with Crippen molar-refractivity contribution < 1.29 is 5.11 Å². The molecule has 0 amide bonds. The second-order valence-corrected chi connectivity index (χ2v) is 5.73. The van der Waals surface area contributed by atoms with Gasteiger partial charge in [-0.25, -0.2) is 0 Å². The smallest absolute Gasteiger partial charge is 0.0659 e. The Hall–Kier alpha value is -0.890. The van der Waals surface area contributed by atoms with Crippen LogP contribution in [0.5, 0.6) is 0 Å². The van der Waals surface area contributed by atoms with Gasteiger partial charge in [0.2, 0.25) is 0 Å². The number of hydrogen-bond donors (Lipinski definition) is 1. The molecule has 1 fully saturated rings. The van der Waals surface area contributed by atoms with E-state index in [1.165, 1.54) is 24.8 Å². The normalized spacial score (nSPS) is 23.0. The average molecular weight is 233 g/mol. The lowest BCUT2D eigenvalue weighted by Gasteiger charge is -2.40. The molecule has 94 valence electrons. The van der Waals surface area contributed by atoms with Gasteiger partial charge < -0.3 is 5.11 Å². The van der Waals surface area contributed by atoms with Gasteiger partial charge in [-0.3, -0.25) is 4.98 Å². The third kappa shape index (κ3) is 2.68. The van der Waals surface area contributed by atoms with Crippen LogP contribution in [-0.2, 0) is 0 Å². The first-order valence-corrected chi connectivity index (χ1v) is 6.71. The van der Waals surface area contributed by atoms with Crippen LogP contribution in [0.4, 0.5) is 0 Å². The van der Waals surface area contributed by atoms with Gasteiger partial charge in [-0.2, -0.15) is 0 Å². The summed E-state index contributed by atoms with van der Waals surface area (Å²) in [6, 6.07) is 4.03. The van der Waals surface area contributed by atoms with E-state index in [9.17, 15) is 5.11 Å². The Labute approximate surface area is 104 Å². The lowest BCUT2D eigenvalue weighted by Crippen LogP contribution is -2.37. The maximum absolute atomic E-state index is 10.6. The quantitative estimate of drug-likeness (QED) is 0.866. The second-order valence-electron chi connectivity index (χ2n) is 5.73. The molecule has 0 aliphatic heterocycles. The van der Waals surface area contributed by atoms with E-state index in [-0.39, 0.29) is 17.4 Å². The Balaban J connectivity index is 2.11. The van der Waals surface area contributed by atoms with E-state index >= 15 is 0 Å². The first-order valence-electron chi connectivity index (χ1n) is 6.71. The molecule has 1 aliphatic carbocycles. The fraction of sp³-hybridized carbons (Fsp3) is 0.667. The van der Waals surface area contributed by atoms with E-state index in [2.05, 4.69) is 18.8 Å². The summed E-state index contributed by atoms with van der Waals surface area (Å²) < 4.78 is 0. The van der Waals surface area contributed by atoms with Gasteiger partial charge in [0.25, 0.3) is 0 Å². The highest BCUT2D eigenvalue weighted by atomic mass is 16.3. The Bertz CT molecular complexity index is 343. The van der Waals surface area contributed by atoms with Crippen molar-refractivity contribution in [3.63, 3.8) is 0 Å². The van der Waals surface area contributed by atoms with Crippen molar-refractivity contribution in [2.75, 3.05) is 0 Å². The van der Waals surface area contributed by atoms with Gasteiger partial charge in [0, 0.05) is 18.3 Å². The van der Waals surface area contributed by atoms with Crippen LogP contribution in [0.25, 0.3) is 0 Å². The van der Waals surface area contributed by atoms with E-state index in [0.29, 0.717) is 0 Å². The third-order valence-corrected chi connectivity index (χ3v) is 4.42. The maximum atomic E-state index is 10.6. The largest absolute Gasteiger partial charge is 0.392 e. The summed E-state index contributed by atoms with van der Waals surface area (Å²) in [5.41, 5.74) is 1.29. The predicted octanol–water partition coefficient (Wildman–Crippen LogP) is 3.52. The molecule has 0 spiro atoms. The van der Waals surface area contributed by atoms with E-state index in [1.807, 2.05) is 24.5 Å². The molecule has 1 aliphatic rings. The Morgan fingerprint density at radius 3 is 2.35 bits per heavy atom. The van der Waals surface area contributed by atoms with Crippen LogP contribution >= 0.6 is 0 Å². The highest BCUT2D eigenvalue weighted by Gasteiger charge is 2.37. The monoisotopic (exact) mass is 233 g/mol. The van der Waals surface area contributed by atoms with Crippen molar-refractivity contribution in [2.24, 2.45) is 5.41 Å². The molecule has 1 saturated carbocycles. The number of nitrogens with zero attached hydrogens (tertiary/aromatic N) is 1. The number of pyridine rings is 1. The summed E-state index contributed by atoms with van der Waals surface area (Å²) in [5, 5.41) is 10.6. The van der Waals surface area contributed by atoms with Crippen LogP contribution in [0.1, 0.15) is 57.4 Å². The minimum atomic E-state index is -0.245. The van der Waals surface area contributed by atoms with Gasteiger partial charge in [-0.1, -0.05) is 33.1 Å². The first-order chi connectivity index (χ1) is 8.13. The van der Waals surface area contributed by atoms with Crippen molar-refractivity contribution in [3.05, 3.63) is 30.1 Å². The summed E-state index contributed by atoms with van der Waals surface area (Å²) in [6.45, 7) is 4.37. The number of aromatic nitrogens is 1. The molecular weight excluding hydrogens is 210 g/mol. The summed E-state index contributed by atoms with van der Waals surface area (Å²) in [7, 11) is 0. The molecule has 0 bridgehead atoms. The molecule has 2 rings (SSSR count). The van der Waals surface area contributed by atoms with Gasteiger partial charge in [0.05, 0.1) is 6.10 Å². The van der Waals surface area contributed by atoms with Gasteiger partial charge >= 0.3 is 0 Å². The van der Waals surface area contributed by atoms with Crippen LogP contribution in [0, 0.1) is 5.41 Å². The molecule has 2 heteroatoms. The highest BCUT2D eigenvalue weighted by molar-refractivity contribution is 5.17. The number of hydrogen-bond acceptors (Lipinski definition) is 2. The fourth-order valence-corrected chi connectivity index (χ4v) is 3.11. The lowest BCUT2D eigenvalue weighted by atomic mass is 9.68. The van der Waals surface area contributed by atoms with Crippen LogP contribution in [-0.4, -0.2) is 16.2 Å². The van der Waals surface area contributed by atoms with Crippen LogP contribution in [0.3, 0.4) is 0 Å². The average Bonchev–Trinajstić information content (AvgIpc) is 2.39. The molecule has 0 saturated heterocycles. The first kappa shape index (κ1) is 12.6. The molecule has 2 nitrogen and oxygen atoms in total. The molecule has 2 atom stereocenters. The van der Waals surface area contributed by atoms with Crippen LogP contribution in [0.2, 0.25) is 0 Å². The number of aliphatic hydroxyl groups is 1. The second kappa shape index (κ2) is 5.18. The van der Waals surface area contributed by atoms with E-state index < -0.39 is 0 Å². The molecular formula is C15H23NO. The summed E-state index contributed by atoms with van der Waals surface area (Å²) >= 11 is 0. The predicted molar refractivity (Wildman–Crippen MR) is 69.9 cm³/mol. The standard InChI is InChI=1S/C15H23NO/c1-12(13-6-10-16-11-7-13)14(17)15(2)8-4-3-5-9-15/h6-7,10-12,14,17H,3-5,8-9H2,1-2H3. The van der Waals surface area contributed by atoms with E-state index in [1.54, 1.807) is 0 Å². The molecule has 1 N–H and O–H groups in total. The van der Waals surface area contributed by atoms with E-state index in [0.717, 1.165) is 12.8 Å². The van der Waals surface area contributed by atoms with Gasteiger partial charge in [-0.15, -0.1) is 0 Å². The zero-order chi connectivity index (χ0) is 12.3. The Kier molecular flexibility index (Phi) is 3.82. The lowest BCUT2D eigenvalue weighted by molar-refractivity contribution is -0.00552. The SMILES string of the molecule is CC(c1ccncc1)C(O)C1(C)CCCCC1.